The van der Waals surface area contributed by atoms with E-state index in [9.17, 15) is 14.7 Å². The summed E-state index contributed by atoms with van der Waals surface area (Å²) in [5.41, 5.74) is 4.70. The summed E-state index contributed by atoms with van der Waals surface area (Å²) >= 11 is 0. The third-order valence-corrected chi connectivity index (χ3v) is 5.32. The van der Waals surface area contributed by atoms with Crippen LogP contribution in [0.3, 0.4) is 0 Å². The van der Waals surface area contributed by atoms with Crippen molar-refractivity contribution in [3.63, 3.8) is 0 Å². The molecule has 0 bridgehead atoms. The van der Waals surface area contributed by atoms with E-state index in [1.807, 2.05) is 51.1 Å². The van der Waals surface area contributed by atoms with E-state index in [-0.39, 0.29) is 23.3 Å². The molecular formula is C26H21O5-. The molecule has 0 aliphatic carbocycles. The summed E-state index contributed by atoms with van der Waals surface area (Å²) in [5, 5.41) is 11.6. The fourth-order valence-corrected chi connectivity index (χ4v) is 3.40. The largest absolute Gasteiger partial charge is 0.545 e. The molecule has 156 valence electrons. The van der Waals surface area contributed by atoms with E-state index in [1.165, 1.54) is 12.1 Å². The number of fused-ring (bicyclic) bond motifs is 1. The average Bonchev–Trinajstić information content (AvgIpc) is 2.75. The van der Waals surface area contributed by atoms with Gasteiger partial charge in [0.15, 0.2) is 5.76 Å². The molecule has 0 atom stereocenters. The predicted molar refractivity (Wildman–Crippen MR) is 117 cm³/mol. The Bertz CT molecular complexity index is 1350. The van der Waals surface area contributed by atoms with Crippen molar-refractivity contribution in [2.75, 3.05) is 0 Å². The first-order chi connectivity index (χ1) is 14.8. The molecule has 0 saturated carbocycles. The molecular weight excluding hydrogens is 392 g/mol. The van der Waals surface area contributed by atoms with E-state index in [0.717, 1.165) is 22.3 Å². The highest BCUT2D eigenvalue weighted by atomic mass is 16.5. The molecule has 1 aromatic heterocycles. The molecule has 0 unspecified atom stereocenters. The van der Waals surface area contributed by atoms with Crippen LogP contribution in [-0.4, -0.2) is 5.97 Å². The first-order valence-electron chi connectivity index (χ1n) is 9.91. The molecule has 5 nitrogen and oxygen atoms in total. The van der Waals surface area contributed by atoms with Gasteiger partial charge in [-0.3, -0.25) is 4.79 Å². The van der Waals surface area contributed by atoms with Gasteiger partial charge in [0, 0.05) is 5.56 Å². The first kappa shape index (κ1) is 20.4. The third-order valence-electron chi connectivity index (χ3n) is 5.32. The molecule has 0 fully saturated rings. The van der Waals surface area contributed by atoms with E-state index in [0.29, 0.717) is 22.3 Å². The highest BCUT2D eigenvalue weighted by molar-refractivity contribution is 5.86. The zero-order valence-electron chi connectivity index (χ0n) is 17.5. The van der Waals surface area contributed by atoms with E-state index in [1.54, 1.807) is 18.2 Å². The van der Waals surface area contributed by atoms with Crippen LogP contribution in [0.5, 0.6) is 5.75 Å². The van der Waals surface area contributed by atoms with Crippen molar-refractivity contribution < 1.29 is 19.1 Å². The van der Waals surface area contributed by atoms with Crippen LogP contribution in [0, 0.1) is 20.8 Å². The summed E-state index contributed by atoms with van der Waals surface area (Å²) < 4.78 is 12.1. The zero-order valence-corrected chi connectivity index (χ0v) is 17.5. The number of carboxylic acids is 1. The van der Waals surface area contributed by atoms with Crippen LogP contribution < -0.4 is 15.3 Å². The number of hydrogen-bond acceptors (Lipinski definition) is 5. The van der Waals surface area contributed by atoms with Gasteiger partial charge in [0.05, 0.1) is 11.4 Å². The van der Waals surface area contributed by atoms with Gasteiger partial charge < -0.3 is 19.1 Å². The van der Waals surface area contributed by atoms with Crippen molar-refractivity contribution in [1.29, 1.82) is 0 Å². The number of aryl methyl sites for hydroxylation is 3. The van der Waals surface area contributed by atoms with Gasteiger partial charge in [-0.2, -0.15) is 0 Å². The Balaban J connectivity index is 1.84. The van der Waals surface area contributed by atoms with Crippen molar-refractivity contribution in [3.05, 3.63) is 98.7 Å². The van der Waals surface area contributed by atoms with Crippen molar-refractivity contribution in [2.45, 2.75) is 27.4 Å². The second-order valence-electron chi connectivity index (χ2n) is 7.66. The average molecular weight is 413 g/mol. The molecule has 31 heavy (non-hydrogen) atoms. The minimum atomic E-state index is -1.27. The maximum atomic E-state index is 13.4. The number of carboxylic acid groups (broad SMARTS) is 1. The van der Waals surface area contributed by atoms with Crippen LogP contribution in [0.25, 0.3) is 22.3 Å². The Morgan fingerprint density at radius 2 is 1.68 bits per heavy atom. The van der Waals surface area contributed by atoms with E-state index in [2.05, 4.69) is 0 Å². The van der Waals surface area contributed by atoms with Gasteiger partial charge in [-0.05, 0) is 61.2 Å². The Hall–Kier alpha value is -3.86. The molecule has 0 saturated heterocycles. The molecule has 0 amide bonds. The molecule has 5 heteroatoms. The Morgan fingerprint density at radius 3 is 2.39 bits per heavy atom. The van der Waals surface area contributed by atoms with Crippen molar-refractivity contribution in [3.8, 4) is 17.1 Å². The van der Waals surface area contributed by atoms with Crippen molar-refractivity contribution in [2.24, 2.45) is 0 Å². The number of aromatic carboxylic acids is 1. The number of hydrogen-bond donors (Lipinski definition) is 0. The van der Waals surface area contributed by atoms with Crippen LogP contribution in [-0.2, 0) is 6.61 Å². The molecule has 0 N–H and O–H groups in total. The SMILES string of the molecule is Cc1ccc(-c2oc3cc(C)c(C)cc3c(=O)c2OCc2cccc(C(=O)[O-])c2)cc1. The summed E-state index contributed by atoms with van der Waals surface area (Å²) in [5.74, 6) is -0.825. The van der Waals surface area contributed by atoms with Gasteiger partial charge in [-0.25, -0.2) is 0 Å². The summed E-state index contributed by atoms with van der Waals surface area (Å²) in [4.78, 5) is 24.5. The lowest BCUT2D eigenvalue weighted by molar-refractivity contribution is -0.255. The second kappa shape index (κ2) is 8.11. The molecule has 0 aliphatic rings. The van der Waals surface area contributed by atoms with Gasteiger partial charge >= 0.3 is 0 Å². The molecule has 0 aliphatic heterocycles. The fourth-order valence-electron chi connectivity index (χ4n) is 3.40. The quantitative estimate of drug-likeness (QED) is 0.487. The number of carbonyl (C=O) groups is 1. The van der Waals surface area contributed by atoms with Crippen molar-refractivity contribution in [1.82, 2.24) is 0 Å². The van der Waals surface area contributed by atoms with E-state index < -0.39 is 5.97 Å². The van der Waals surface area contributed by atoms with Crippen LogP contribution in [0.4, 0.5) is 0 Å². The summed E-state index contributed by atoms with van der Waals surface area (Å²) in [6.45, 7) is 5.90. The van der Waals surface area contributed by atoms with Gasteiger partial charge in [-0.1, -0.05) is 48.0 Å². The predicted octanol–water partition coefficient (Wildman–Crippen LogP) is 4.33. The monoisotopic (exact) mass is 413 g/mol. The number of ether oxygens (including phenoxy) is 1. The smallest absolute Gasteiger partial charge is 0.235 e. The van der Waals surface area contributed by atoms with Gasteiger partial charge in [-0.15, -0.1) is 0 Å². The highest BCUT2D eigenvalue weighted by Gasteiger charge is 2.19. The van der Waals surface area contributed by atoms with Crippen molar-refractivity contribution >= 4 is 16.9 Å². The minimum absolute atomic E-state index is 0.0150. The van der Waals surface area contributed by atoms with E-state index >= 15 is 0 Å². The van der Waals surface area contributed by atoms with Crippen LogP contribution >= 0.6 is 0 Å². The normalized spacial score (nSPS) is 10.9. The van der Waals surface area contributed by atoms with Gasteiger partial charge in [0.2, 0.25) is 11.2 Å². The van der Waals surface area contributed by atoms with E-state index in [4.69, 9.17) is 9.15 Å². The molecule has 3 aromatic carbocycles. The topological polar surface area (TPSA) is 79.6 Å². The summed E-state index contributed by atoms with van der Waals surface area (Å²) in [6.07, 6.45) is 0. The summed E-state index contributed by atoms with van der Waals surface area (Å²) in [6, 6.07) is 17.6. The highest BCUT2D eigenvalue weighted by Crippen LogP contribution is 2.32. The molecule has 0 spiro atoms. The molecule has 4 rings (SSSR count). The number of rotatable bonds is 5. The fraction of sp³-hybridized carbons (Fsp3) is 0.154. The maximum Gasteiger partial charge on any atom is 0.235 e. The number of benzene rings is 3. The molecule has 4 aromatic rings. The minimum Gasteiger partial charge on any atom is -0.545 e. The lowest BCUT2D eigenvalue weighted by atomic mass is 10.0. The maximum absolute atomic E-state index is 13.4. The molecule has 1 heterocycles. The third kappa shape index (κ3) is 4.08. The lowest BCUT2D eigenvalue weighted by Gasteiger charge is -2.13. The van der Waals surface area contributed by atoms with Gasteiger partial charge in [0.1, 0.15) is 12.2 Å². The zero-order chi connectivity index (χ0) is 22.1. The second-order valence-corrected chi connectivity index (χ2v) is 7.66. The Morgan fingerprint density at radius 1 is 0.968 bits per heavy atom. The standard InChI is InChI=1S/C26H22O5/c1-15-7-9-19(10-8-15)24-25(30-14-18-5-4-6-20(13-18)26(28)29)23(27)21-11-16(2)17(3)12-22(21)31-24/h4-13H,14H2,1-3H3,(H,28,29)/p-1. The van der Waals surface area contributed by atoms with Crippen LogP contribution in [0.1, 0.15) is 32.6 Å². The van der Waals surface area contributed by atoms with Crippen LogP contribution in [0.2, 0.25) is 0 Å². The summed E-state index contributed by atoms with van der Waals surface area (Å²) in [7, 11) is 0. The Kier molecular flexibility index (Phi) is 5.34. The first-order valence-corrected chi connectivity index (χ1v) is 9.91. The Labute approximate surface area is 179 Å². The number of carbonyl (C=O) groups excluding carboxylic acids is 1. The van der Waals surface area contributed by atoms with Gasteiger partial charge in [0.25, 0.3) is 0 Å². The lowest BCUT2D eigenvalue weighted by Crippen LogP contribution is -2.22. The molecule has 0 radical (unpaired) electrons. The van der Waals surface area contributed by atoms with Crippen LogP contribution in [0.15, 0.2) is 69.9 Å².